The van der Waals surface area contributed by atoms with Crippen molar-refractivity contribution in [2.75, 3.05) is 7.11 Å². The van der Waals surface area contributed by atoms with E-state index in [0.29, 0.717) is 17.9 Å². The Morgan fingerprint density at radius 2 is 2.00 bits per heavy atom. The molecule has 114 valence electrons. The van der Waals surface area contributed by atoms with E-state index in [1.54, 1.807) is 20.1 Å². The molecule has 0 aliphatic carbocycles. The van der Waals surface area contributed by atoms with Crippen LogP contribution in [-0.4, -0.2) is 19.3 Å². The summed E-state index contributed by atoms with van der Waals surface area (Å²) in [7, 11) is 1.70. The maximum atomic E-state index is 13.6. The number of benzene rings is 1. The fraction of sp³-hybridized carbons (Fsp3) is 0.412. The number of furan rings is 1. The Labute approximate surface area is 125 Å². The van der Waals surface area contributed by atoms with Gasteiger partial charge in [0.15, 0.2) is 0 Å². The van der Waals surface area contributed by atoms with E-state index in [0.717, 1.165) is 11.3 Å². The van der Waals surface area contributed by atoms with E-state index in [2.05, 4.69) is 12.2 Å². The van der Waals surface area contributed by atoms with E-state index in [1.807, 2.05) is 25.1 Å². The maximum absolute atomic E-state index is 13.6. The second kappa shape index (κ2) is 6.87. The molecule has 0 aliphatic heterocycles. The quantitative estimate of drug-likeness (QED) is 0.876. The zero-order valence-corrected chi connectivity index (χ0v) is 12.9. The van der Waals surface area contributed by atoms with Gasteiger partial charge in [0.25, 0.3) is 0 Å². The zero-order chi connectivity index (χ0) is 15.4. The third-order valence-electron chi connectivity index (χ3n) is 3.87. The molecule has 1 unspecified atom stereocenters. The summed E-state index contributed by atoms with van der Waals surface area (Å²) in [6, 6.07) is 9.03. The van der Waals surface area contributed by atoms with Crippen molar-refractivity contribution in [3.8, 4) is 11.3 Å². The number of ether oxygens (including phenoxy) is 1. The highest BCUT2D eigenvalue weighted by molar-refractivity contribution is 5.62. The predicted octanol–water partition coefficient (Wildman–Crippen LogP) is 3.91. The van der Waals surface area contributed by atoms with Crippen LogP contribution >= 0.6 is 0 Å². The molecule has 3 nitrogen and oxygen atoms in total. The molecule has 2 rings (SSSR count). The van der Waals surface area contributed by atoms with Gasteiger partial charge in [-0.1, -0.05) is 12.1 Å². The Balaban J connectivity index is 2.06. The number of hydrogen-bond donors (Lipinski definition) is 1. The first-order valence-electron chi connectivity index (χ1n) is 7.13. The number of hydrogen-bond acceptors (Lipinski definition) is 3. The molecule has 2 aromatic rings. The van der Waals surface area contributed by atoms with Gasteiger partial charge in [-0.2, -0.15) is 0 Å². The molecule has 0 saturated heterocycles. The van der Waals surface area contributed by atoms with Gasteiger partial charge in [0, 0.05) is 18.7 Å². The number of rotatable bonds is 6. The molecule has 4 heteroatoms. The van der Waals surface area contributed by atoms with Crippen LogP contribution in [0.25, 0.3) is 11.3 Å². The lowest BCUT2D eigenvalue weighted by molar-refractivity contribution is 0.0876. The minimum atomic E-state index is -0.217. The summed E-state index contributed by atoms with van der Waals surface area (Å²) in [4.78, 5) is 0. The first kappa shape index (κ1) is 15.7. The van der Waals surface area contributed by atoms with Crippen LogP contribution in [0.1, 0.15) is 25.2 Å². The van der Waals surface area contributed by atoms with Crippen molar-refractivity contribution in [2.45, 2.75) is 39.5 Å². The minimum Gasteiger partial charge on any atom is -0.460 e. The van der Waals surface area contributed by atoms with Gasteiger partial charge in [0.2, 0.25) is 0 Å². The van der Waals surface area contributed by atoms with Crippen molar-refractivity contribution in [3.05, 3.63) is 47.5 Å². The molecule has 1 aromatic carbocycles. The van der Waals surface area contributed by atoms with Gasteiger partial charge < -0.3 is 14.5 Å². The molecule has 1 N–H and O–H groups in total. The molecule has 0 amide bonds. The lowest BCUT2D eigenvalue weighted by Gasteiger charge is -2.19. The molecule has 0 bridgehead atoms. The van der Waals surface area contributed by atoms with Crippen LogP contribution < -0.4 is 5.32 Å². The second-order valence-electron chi connectivity index (χ2n) is 5.29. The first-order chi connectivity index (χ1) is 10.0. The Bertz CT molecular complexity index is 594. The van der Waals surface area contributed by atoms with E-state index in [4.69, 9.17) is 9.15 Å². The van der Waals surface area contributed by atoms with Crippen LogP contribution in [0.2, 0.25) is 0 Å². The third kappa shape index (κ3) is 3.71. The Morgan fingerprint density at radius 1 is 1.24 bits per heavy atom. The van der Waals surface area contributed by atoms with Crippen molar-refractivity contribution in [1.82, 2.24) is 5.32 Å². The van der Waals surface area contributed by atoms with Crippen LogP contribution in [0.5, 0.6) is 0 Å². The zero-order valence-electron chi connectivity index (χ0n) is 12.9. The average molecular weight is 291 g/mol. The van der Waals surface area contributed by atoms with Gasteiger partial charge in [-0.25, -0.2) is 4.39 Å². The van der Waals surface area contributed by atoms with Crippen LogP contribution in [0, 0.1) is 12.7 Å². The van der Waals surface area contributed by atoms with Crippen molar-refractivity contribution in [1.29, 1.82) is 0 Å². The summed E-state index contributed by atoms with van der Waals surface area (Å²) in [5, 5.41) is 3.35. The molecule has 0 saturated carbocycles. The fourth-order valence-electron chi connectivity index (χ4n) is 2.12. The second-order valence-corrected chi connectivity index (χ2v) is 5.29. The smallest absolute Gasteiger partial charge is 0.134 e. The van der Waals surface area contributed by atoms with E-state index < -0.39 is 0 Å². The summed E-state index contributed by atoms with van der Waals surface area (Å²) >= 11 is 0. The summed E-state index contributed by atoms with van der Waals surface area (Å²) in [5.41, 5.74) is 1.40. The highest BCUT2D eigenvalue weighted by atomic mass is 19.1. The van der Waals surface area contributed by atoms with E-state index in [-0.39, 0.29) is 18.0 Å². The molecule has 0 spiro atoms. The summed E-state index contributed by atoms with van der Waals surface area (Å²) < 4.78 is 24.7. The standard InChI is InChI=1S/C17H22FNO2/c1-11-15(6-5-7-16(11)18)17-9-8-14(21-17)10-19-12(2)13(3)20-4/h5-9,12-13,19H,10H2,1-4H3/t12-,13?/m0/s1. The Morgan fingerprint density at radius 3 is 2.71 bits per heavy atom. The highest BCUT2D eigenvalue weighted by Crippen LogP contribution is 2.26. The maximum Gasteiger partial charge on any atom is 0.134 e. The third-order valence-corrected chi connectivity index (χ3v) is 3.87. The van der Waals surface area contributed by atoms with Gasteiger partial charge >= 0.3 is 0 Å². The molecule has 0 aliphatic rings. The van der Waals surface area contributed by atoms with Gasteiger partial charge in [0.1, 0.15) is 17.3 Å². The minimum absolute atomic E-state index is 0.130. The predicted molar refractivity (Wildman–Crippen MR) is 81.6 cm³/mol. The lowest BCUT2D eigenvalue weighted by Crippen LogP contribution is -2.36. The largest absolute Gasteiger partial charge is 0.460 e. The summed E-state index contributed by atoms with van der Waals surface area (Å²) in [5.74, 6) is 1.30. The van der Waals surface area contributed by atoms with Crippen LogP contribution in [0.4, 0.5) is 4.39 Å². The highest BCUT2D eigenvalue weighted by Gasteiger charge is 2.13. The molecule has 2 atom stereocenters. The van der Waals surface area contributed by atoms with E-state index in [1.165, 1.54) is 6.07 Å². The lowest BCUT2D eigenvalue weighted by atomic mass is 10.1. The van der Waals surface area contributed by atoms with Crippen LogP contribution in [0.15, 0.2) is 34.7 Å². The Kier molecular flexibility index (Phi) is 5.15. The van der Waals surface area contributed by atoms with Gasteiger partial charge in [-0.05, 0) is 44.5 Å². The summed E-state index contributed by atoms with van der Waals surface area (Å²) in [6.07, 6.45) is 0.130. The van der Waals surface area contributed by atoms with Crippen LogP contribution in [-0.2, 0) is 11.3 Å². The molecule has 21 heavy (non-hydrogen) atoms. The fourth-order valence-corrected chi connectivity index (χ4v) is 2.12. The normalized spacial score (nSPS) is 14.1. The number of halogens is 1. The van der Waals surface area contributed by atoms with E-state index >= 15 is 0 Å². The summed E-state index contributed by atoms with van der Waals surface area (Å²) in [6.45, 7) is 6.45. The van der Waals surface area contributed by atoms with Gasteiger partial charge in [-0.3, -0.25) is 0 Å². The van der Waals surface area contributed by atoms with Crippen LogP contribution in [0.3, 0.4) is 0 Å². The molecule has 0 radical (unpaired) electrons. The van der Waals surface area contributed by atoms with Gasteiger partial charge in [-0.15, -0.1) is 0 Å². The topological polar surface area (TPSA) is 34.4 Å². The van der Waals surface area contributed by atoms with Crippen molar-refractivity contribution >= 4 is 0 Å². The van der Waals surface area contributed by atoms with Crippen molar-refractivity contribution in [2.24, 2.45) is 0 Å². The molecule has 0 fully saturated rings. The molecular weight excluding hydrogens is 269 g/mol. The average Bonchev–Trinajstić information content (AvgIpc) is 2.95. The van der Waals surface area contributed by atoms with Crippen molar-refractivity contribution in [3.63, 3.8) is 0 Å². The number of nitrogens with one attached hydrogen (secondary N) is 1. The first-order valence-corrected chi connectivity index (χ1v) is 7.13. The molecule has 1 aromatic heterocycles. The van der Waals surface area contributed by atoms with Gasteiger partial charge in [0.05, 0.1) is 12.6 Å². The molecular formula is C17H22FNO2. The SMILES string of the molecule is COC(C)[C@H](C)NCc1ccc(-c2cccc(F)c2C)o1. The molecule has 1 heterocycles. The van der Waals surface area contributed by atoms with E-state index in [9.17, 15) is 4.39 Å². The monoisotopic (exact) mass is 291 g/mol. The van der Waals surface area contributed by atoms with Crippen molar-refractivity contribution < 1.29 is 13.5 Å². The number of methoxy groups -OCH3 is 1. The Hall–Kier alpha value is -1.65.